The zero-order valence-corrected chi connectivity index (χ0v) is 84.0. The Labute approximate surface area is 850 Å². The minimum Gasteiger partial charge on any atom is -0.441 e. The van der Waals surface area contributed by atoms with Gasteiger partial charge in [-0.2, -0.15) is 0 Å². The Hall–Kier alpha value is -16.0. The number of hydrogen-bond acceptors (Lipinski definition) is 26. The number of benzene rings is 5. The number of aliphatic hydroxyl groups excluding tert-OH is 2. The fourth-order valence-electron chi connectivity index (χ4n) is 20.4. The van der Waals surface area contributed by atoms with Crippen molar-refractivity contribution in [3.63, 3.8) is 0 Å². The second-order valence-electron chi connectivity index (χ2n) is 39.4. The number of fused-ring (bicyclic) bond motifs is 10. The highest BCUT2D eigenvalue weighted by molar-refractivity contribution is 5.98. The van der Waals surface area contributed by atoms with Crippen LogP contribution < -0.4 is 5.32 Å². The third-order valence-electron chi connectivity index (χ3n) is 28.9. The van der Waals surface area contributed by atoms with E-state index in [2.05, 4.69) is 95.7 Å². The number of likely N-dealkylation sites (tertiary alicyclic amines) is 2. The van der Waals surface area contributed by atoms with Crippen molar-refractivity contribution in [1.82, 2.24) is 116 Å². The van der Waals surface area contributed by atoms with E-state index < -0.39 is 0 Å². The van der Waals surface area contributed by atoms with E-state index in [1.807, 2.05) is 254 Å². The molecule has 148 heavy (non-hydrogen) atoms. The number of nitrogens with one attached hydrogen (secondary N) is 1. The lowest BCUT2D eigenvalue weighted by Gasteiger charge is -2.36. The van der Waals surface area contributed by atoms with Crippen molar-refractivity contribution in [2.45, 2.75) is 105 Å². The molecule has 20 aromatic rings. The van der Waals surface area contributed by atoms with Crippen molar-refractivity contribution in [1.29, 1.82) is 0 Å². The van der Waals surface area contributed by atoms with Crippen LogP contribution in [0.4, 0.5) is 0 Å². The van der Waals surface area contributed by atoms with Crippen molar-refractivity contribution >= 4 is 113 Å². The van der Waals surface area contributed by atoms with Crippen molar-refractivity contribution in [3.8, 4) is 55.6 Å². The molecule has 0 radical (unpaired) electrons. The highest BCUT2D eigenvalue weighted by atomic mass is 16.4. The normalized spacial score (nSPS) is 16.0. The number of aliphatic hydroxyl groups is 2. The zero-order valence-electron chi connectivity index (χ0n) is 84.0. The maximum atomic E-state index is 13.3. The second-order valence-corrected chi connectivity index (χ2v) is 39.4. The first-order valence-corrected chi connectivity index (χ1v) is 50.8. The summed E-state index contributed by atoms with van der Waals surface area (Å²) < 4.78 is 37.2. The first-order chi connectivity index (χ1) is 71.9. The van der Waals surface area contributed by atoms with Gasteiger partial charge in [-0.15, -0.1) is 0 Å². The summed E-state index contributed by atoms with van der Waals surface area (Å²) >= 11 is 0. The van der Waals surface area contributed by atoms with Crippen LogP contribution in [0.15, 0.2) is 236 Å². The molecule has 756 valence electrons. The van der Waals surface area contributed by atoms with Crippen LogP contribution in [0.5, 0.6) is 0 Å². The molecule has 5 aliphatic heterocycles. The average Bonchev–Trinajstić information content (AvgIpc) is 1.62. The molecule has 5 saturated heterocycles. The summed E-state index contributed by atoms with van der Waals surface area (Å²) in [6, 6.07) is 50.1. The predicted octanol–water partition coefficient (Wildman–Crippen LogP) is 15.8. The quantitative estimate of drug-likeness (QED) is 0.0808. The summed E-state index contributed by atoms with van der Waals surface area (Å²) in [6.45, 7) is 28.3. The van der Waals surface area contributed by atoms with E-state index in [9.17, 15) is 29.1 Å². The molecule has 3 N–H and O–H groups in total. The van der Waals surface area contributed by atoms with Gasteiger partial charge in [-0.3, -0.25) is 60.7 Å². The Morgan fingerprint density at radius 1 is 0.338 bits per heavy atom. The molecular formula is C112H116N24O12. The molecule has 0 atom stereocenters. The number of oxazole rings is 5. The number of β-amino-alcohol motifs (C(OH)–C–C–N with tert-alkyl or cyclic N) is 1. The zero-order chi connectivity index (χ0) is 102. The van der Waals surface area contributed by atoms with Gasteiger partial charge in [0.1, 0.15) is 84.3 Å². The smallest absolute Gasteiger partial charge is 0.272 e. The number of piperazine rings is 3. The number of amides is 5. The lowest BCUT2D eigenvalue weighted by molar-refractivity contribution is 0.0538. The molecule has 1 saturated carbocycles. The van der Waals surface area contributed by atoms with Gasteiger partial charge in [-0.25, -0.2) is 49.8 Å². The SMILES string of the molecule is Cc1nc2cc(-c3ccc4ncc(C(=O)N5CCC(O)CC5)n4c3)ccc2o1.Cc1nc2cc(-c3ccc4ncc(C(=O)N5CCN(C(C)C)CC5)n4c3)ccc2o1.Cc1nc2cc(-c3ccc4ncc(C(=O)N5CCN(CC6CC6)CC5)n4c3)ccc2o1.Cc1nc2cc(-c3ccc4ncc(C(=O)N5CCN(CCO)CC5)n4c3)ccc2o1.Cc1nc2cc(-c3ccc4ncc(C(=O)NC5CCN(C)CC5)n4c3)ccc2o1. The molecule has 5 amide bonds. The molecule has 6 aliphatic rings. The largest absolute Gasteiger partial charge is 0.441 e. The first kappa shape index (κ1) is 96.8. The summed E-state index contributed by atoms with van der Waals surface area (Å²) in [4.78, 5) is 127. The highest BCUT2D eigenvalue weighted by Crippen LogP contribution is 2.36. The van der Waals surface area contributed by atoms with E-state index >= 15 is 0 Å². The standard InChI is InChI=1S/C24H25N5O2.C23H25N5O2.C22H23N5O3.C22H23N5O2.C21H20N4O3/c1-16-26-20-12-18(4-6-22(20)31-16)19-5-7-23-25-13-21(29(23)15-19)24(30)28-10-8-27(9-11-28)14-17-2-3-17;1-15(2)26-8-10-27(11-9-26)23(29)20-13-24-22-7-5-18(14-28(20)22)17-4-6-21-19(12-17)25-16(3)30-21;1-15-24-18-12-16(2-4-20(18)30-15)17-3-5-21-23-13-19(27(21)14-17)22(29)26-8-6-25(7-9-26)10-11-28;1-14-24-18-11-15(3-5-20(18)29-14)16-4-6-21-23-12-19(27(21)13-16)22(28)25-17-7-9-26(2)10-8-17;1-13-23-17-10-14(2-4-19(17)28-13)15-3-5-20-22-11-18(25(20)12-15)21(27)24-8-6-16(26)7-9-24/h4-7,12-13,15,17H,2-3,8-11,14H2,1H3;4-7,12-15H,8-11H2,1-3H3;2-5,12-14,28H,6-11H2,1H3;3-6,11-13,17H,7-10H2,1-2H3,(H,25,28);2-5,10-12,16,26H,6-9H2,1H3. The van der Waals surface area contributed by atoms with E-state index in [0.29, 0.717) is 110 Å². The summed E-state index contributed by atoms with van der Waals surface area (Å²) in [5.41, 5.74) is 24.6. The molecule has 5 aromatic carbocycles. The van der Waals surface area contributed by atoms with Crippen LogP contribution in [0.25, 0.3) is 139 Å². The van der Waals surface area contributed by atoms with Crippen molar-refractivity contribution in [3.05, 3.63) is 272 Å². The Bertz CT molecular complexity index is 8350. The van der Waals surface area contributed by atoms with Crippen LogP contribution in [-0.4, -0.2) is 300 Å². The van der Waals surface area contributed by atoms with Gasteiger partial charge in [0.15, 0.2) is 57.4 Å². The number of rotatable bonds is 16. The van der Waals surface area contributed by atoms with Crippen LogP contribution in [0, 0.1) is 40.5 Å². The number of imidazole rings is 5. The first-order valence-electron chi connectivity index (χ1n) is 50.8. The number of hydrogen-bond donors (Lipinski definition) is 3. The van der Waals surface area contributed by atoms with Gasteiger partial charge in [-0.1, -0.05) is 30.3 Å². The lowest BCUT2D eigenvalue weighted by atomic mass is 10.1. The monoisotopic (exact) mass is 1990 g/mol. The Morgan fingerprint density at radius 2 is 0.615 bits per heavy atom. The third kappa shape index (κ3) is 20.7. The average molecular weight is 1990 g/mol. The van der Waals surface area contributed by atoms with Gasteiger partial charge >= 0.3 is 0 Å². The van der Waals surface area contributed by atoms with Crippen LogP contribution >= 0.6 is 0 Å². The summed E-state index contributed by atoms with van der Waals surface area (Å²) in [7, 11) is 2.11. The van der Waals surface area contributed by atoms with E-state index in [-0.39, 0.29) is 48.3 Å². The van der Waals surface area contributed by atoms with Crippen molar-refractivity contribution < 1.29 is 56.3 Å². The van der Waals surface area contributed by atoms with Gasteiger partial charge in [-0.05, 0) is 255 Å². The molecule has 0 unspecified atom stereocenters. The molecule has 15 aromatic heterocycles. The molecule has 0 spiro atoms. The third-order valence-corrected chi connectivity index (χ3v) is 28.9. The van der Waals surface area contributed by atoms with Crippen LogP contribution in [0.2, 0.25) is 0 Å². The number of carbonyl (C=O) groups excluding carboxylic acids is 5. The molecule has 20 heterocycles. The molecule has 1 aliphatic carbocycles. The van der Waals surface area contributed by atoms with Crippen LogP contribution in [-0.2, 0) is 0 Å². The van der Waals surface area contributed by atoms with E-state index in [0.717, 1.165) is 237 Å². The van der Waals surface area contributed by atoms with E-state index in [1.165, 1.54) is 19.4 Å². The molecule has 6 fully saturated rings. The summed E-state index contributed by atoms with van der Waals surface area (Å²) in [5, 5.41) is 22.0. The molecule has 26 rings (SSSR count). The fraction of sp³-hybridized carbons (Fsp3) is 0.330. The Kier molecular flexibility index (Phi) is 27.1. The number of pyridine rings is 5. The van der Waals surface area contributed by atoms with Crippen LogP contribution in [0.1, 0.15) is 134 Å². The van der Waals surface area contributed by atoms with Gasteiger partial charge in [0, 0.05) is 182 Å². The molecule has 36 nitrogen and oxygen atoms in total. The van der Waals surface area contributed by atoms with Gasteiger partial charge in [0.2, 0.25) is 0 Å². The van der Waals surface area contributed by atoms with E-state index in [4.69, 9.17) is 27.2 Å². The fourth-order valence-corrected chi connectivity index (χ4v) is 20.4. The topological polar surface area (TPSA) is 380 Å². The lowest BCUT2D eigenvalue weighted by Crippen LogP contribution is -2.50. The molecular weight excluding hydrogens is 1870 g/mol. The number of piperidine rings is 2. The number of carbonyl (C=O) groups is 5. The summed E-state index contributed by atoms with van der Waals surface area (Å²) in [6.07, 6.45) is 23.7. The van der Waals surface area contributed by atoms with Gasteiger partial charge in [0.25, 0.3) is 29.5 Å². The second kappa shape index (κ2) is 41.5. The van der Waals surface area contributed by atoms with E-state index in [1.54, 1.807) is 35.9 Å². The Balaban J connectivity index is 0.000000105. The van der Waals surface area contributed by atoms with Crippen LogP contribution in [0.3, 0.4) is 0 Å². The number of aryl methyl sites for hydroxylation is 5. The summed E-state index contributed by atoms with van der Waals surface area (Å²) in [5.74, 6) is 4.05. The van der Waals surface area contributed by atoms with Gasteiger partial charge < -0.3 is 62.1 Å². The minimum atomic E-state index is -0.312. The van der Waals surface area contributed by atoms with Gasteiger partial charge in [0.05, 0.1) is 43.7 Å². The number of nitrogens with zero attached hydrogens (tertiary/aromatic N) is 23. The maximum Gasteiger partial charge on any atom is 0.272 e. The van der Waals surface area contributed by atoms with Crippen molar-refractivity contribution in [2.75, 3.05) is 131 Å². The Morgan fingerprint density at radius 3 is 0.912 bits per heavy atom. The maximum absolute atomic E-state index is 13.3. The molecule has 0 bridgehead atoms. The number of aromatic nitrogens is 15. The van der Waals surface area contributed by atoms with Crippen molar-refractivity contribution in [2.24, 2.45) is 5.92 Å². The predicted molar refractivity (Wildman–Crippen MR) is 561 cm³/mol. The minimum absolute atomic E-state index is 0.0223. The highest BCUT2D eigenvalue weighted by Gasteiger charge is 2.33. The molecule has 36 heteroatoms.